The van der Waals surface area contributed by atoms with Gasteiger partial charge in [0.05, 0.1) is 13.0 Å². The molecule has 0 aromatic heterocycles. The summed E-state index contributed by atoms with van der Waals surface area (Å²) in [6.45, 7) is -0.444. The zero-order chi connectivity index (χ0) is 13.7. The first-order chi connectivity index (χ1) is 8.41. The van der Waals surface area contributed by atoms with Crippen LogP contribution in [0.1, 0.15) is 5.56 Å². The molecule has 0 spiro atoms. The molecule has 7 heteroatoms. The van der Waals surface area contributed by atoms with E-state index in [-0.39, 0.29) is 17.0 Å². The van der Waals surface area contributed by atoms with Gasteiger partial charge in [-0.15, -0.1) is 0 Å². The van der Waals surface area contributed by atoms with Gasteiger partial charge in [-0.25, -0.2) is 9.18 Å². The van der Waals surface area contributed by atoms with Crippen LogP contribution < -0.4 is 5.32 Å². The number of carboxylic acids is 1. The number of aliphatic hydroxyl groups excluding tert-OH is 1. The molecule has 0 saturated heterocycles. The average molecular weight is 276 g/mol. The maximum atomic E-state index is 13.3. The molecule has 3 N–H and O–H groups in total. The molecule has 1 aromatic carbocycles. The van der Waals surface area contributed by atoms with Crippen LogP contribution in [-0.4, -0.2) is 34.7 Å². The number of amides is 1. The third-order valence-corrected chi connectivity index (χ3v) is 2.53. The molecule has 98 valence electrons. The van der Waals surface area contributed by atoms with Crippen molar-refractivity contribution in [2.24, 2.45) is 0 Å². The van der Waals surface area contributed by atoms with Gasteiger partial charge in [-0.3, -0.25) is 4.79 Å². The SMILES string of the molecule is O=C(Cc1c(F)cccc1Cl)NCC(O)C(=O)O. The van der Waals surface area contributed by atoms with Crippen molar-refractivity contribution >= 4 is 23.5 Å². The van der Waals surface area contributed by atoms with Crippen molar-refractivity contribution in [3.8, 4) is 0 Å². The number of hydrogen-bond donors (Lipinski definition) is 3. The predicted octanol–water partition coefficient (Wildman–Crippen LogP) is 0.583. The summed E-state index contributed by atoms with van der Waals surface area (Å²) in [6.07, 6.45) is -2.01. The second kappa shape index (κ2) is 6.32. The Balaban J connectivity index is 2.58. The van der Waals surface area contributed by atoms with E-state index < -0.39 is 30.3 Å². The van der Waals surface area contributed by atoms with Crippen LogP contribution >= 0.6 is 11.6 Å². The Hall–Kier alpha value is -1.66. The molecule has 0 aliphatic heterocycles. The second-order valence-electron chi connectivity index (χ2n) is 3.54. The van der Waals surface area contributed by atoms with E-state index in [2.05, 4.69) is 5.32 Å². The van der Waals surface area contributed by atoms with Crippen LogP contribution in [0.3, 0.4) is 0 Å². The van der Waals surface area contributed by atoms with Crippen LogP contribution in [-0.2, 0) is 16.0 Å². The molecule has 0 saturated carbocycles. The lowest BCUT2D eigenvalue weighted by Gasteiger charge is -2.09. The molecule has 18 heavy (non-hydrogen) atoms. The zero-order valence-electron chi connectivity index (χ0n) is 9.19. The van der Waals surface area contributed by atoms with E-state index in [9.17, 15) is 14.0 Å². The van der Waals surface area contributed by atoms with Crippen molar-refractivity contribution in [1.82, 2.24) is 5.32 Å². The number of carbonyl (C=O) groups is 2. The number of aliphatic hydroxyl groups is 1. The van der Waals surface area contributed by atoms with Gasteiger partial charge >= 0.3 is 5.97 Å². The number of rotatable bonds is 5. The Morgan fingerprint density at radius 2 is 2.11 bits per heavy atom. The Kier molecular flexibility index (Phi) is 5.06. The fourth-order valence-electron chi connectivity index (χ4n) is 1.22. The van der Waals surface area contributed by atoms with Crippen LogP contribution in [0.15, 0.2) is 18.2 Å². The predicted molar refractivity (Wildman–Crippen MR) is 61.8 cm³/mol. The van der Waals surface area contributed by atoms with Crippen molar-refractivity contribution in [2.75, 3.05) is 6.54 Å². The number of aliphatic carboxylic acids is 1. The molecule has 1 unspecified atom stereocenters. The highest BCUT2D eigenvalue weighted by Gasteiger charge is 2.16. The van der Waals surface area contributed by atoms with Crippen LogP contribution in [0, 0.1) is 5.82 Å². The van der Waals surface area contributed by atoms with Gasteiger partial charge in [0.1, 0.15) is 5.82 Å². The van der Waals surface area contributed by atoms with Gasteiger partial charge in [0.2, 0.25) is 5.91 Å². The van der Waals surface area contributed by atoms with E-state index in [1.807, 2.05) is 0 Å². The molecule has 0 fully saturated rings. The number of carbonyl (C=O) groups excluding carboxylic acids is 1. The highest BCUT2D eigenvalue weighted by atomic mass is 35.5. The minimum atomic E-state index is -1.69. The molecule has 5 nitrogen and oxygen atoms in total. The second-order valence-corrected chi connectivity index (χ2v) is 3.94. The van der Waals surface area contributed by atoms with Gasteiger partial charge in [0, 0.05) is 10.6 Å². The van der Waals surface area contributed by atoms with Gasteiger partial charge < -0.3 is 15.5 Å². The van der Waals surface area contributed by atoms with E-state index in [0.29, 0.717) is 0 Å². The van der Waals surface area contributed by atoms with Crippen LogP contribution in [0.2, 0.25) is 5.02 Å². The molecule has 1 aromatic rings. The highest BCUT2D eigenvalue weighted by molar-refractivity contribution is 6.31. The summed E-state index contributed by atoms with van der Waals surface area (Å²) < 4.78 is 13.3. The molecule has 0 bridgehead atoms. The summed E-state index contributed by atoms with van der Waals surface area (Å²) in [5.74, 6) is -2.68. The highest BCUT2D eigenvalue weighted by Crippen LogP contribution is 2.19. The molecular formula is C11H11ClFNO4. The maximum Gasteiger partial charge on any atom is 0.334 e. The van der Waals surface area contributed by atoms with Crippen molar-refractivity contribution in [1.29, 1.82) is 0 Å². The van der Waals surface area contributed by atoms with E-state index in [0.717, 1.165) is 0 Å². The lowest BCUT2D eigenvalue weighted by atomic mass is 10.1. The molecule has 1 amide bonds. The van der Waals surface area contributed by atoms with Crippen molar-refractivity contribution < 1.29 is 24.2 Å². The van der Waals surface area contributed by atoms with Gasteiger partial charge in [0.25, 0.3) is 0 Å². The topological polar surface area (TPSA) is 86.6 Å². The third kappa shape index (κ3) is 3.97. The molecule has 1 rings (SSSR count). The van der Waals surface area contributed by atoms with E-state index >= 15 is 0 Å². The lowest BCUT2D eigenvalue weighted by molar-refractivity contribution is -0.146. The van der Waals surface area contributed by atoms with Crippen LogP contribution in [0.5, 0.6) is 0 Å². The fourth-order valence-corrected chi connectivity index (χ4v) is 1.45. The lowest BCUT2D eigenvalue weighted by Crippen LogP contribution is -2.37. The third-order valence-electron chi connectivity index (χ3n) is 2.18. The summed E-state index contributed by atoms with van der Waals surface area (Å²) >= 11 is 5.72. The Morgan fingerprint density at radius 1 is 1.44 bits per heavy atom. The molecular weight excluding hydrogens is 265 g/mol. The van der Waals surface area contributed by atoms with Gasteiger partial charge in [-0.1, -0.05) is 17.7 Å². The number of carboxylic acid groups (broad SMARTS) is 1. The monoisotopic (exact) mass is 275 g/mol. The van der Waals surface area contributed by atoms with E-state index in [1.54, 1.807) is 0 Å². The first-order valence-electron chi connectivity index (χ1n) is 5.02. The zero-order valence-corrected chi connectivity index (χ0v) is 9.95. The van der Waals surface area contributed by atoms with E-state index in [4.69, 9.17) is 21.8 Å². The summed E-state index contributed by atoms with van der Waals surface area (Å²) in [5.41, 5.74) is 0.0291. The van der Waals surface area contributed by atoms with Gasteiger partial charge in [-0.05, 0) is 12.1 Å². The number of nitrogens with one attached hydrogen (secondary N) is 1. The normalized spacial score (nSPS) is 11.9. The van der Waals surface area contributed by atoms with Crippen molar-refractivity contribution in [2.45, 2.75) is 12.5 Å². The fraction of sp³-hybridized carbons (Fsp3) is 0.273. The molecule has 0 heterocycles. The van der Waals surface area contributed by atoms with Crippen LogP contribution in [0.4, 0.5) is 4.39 Å². The van der Waals surface area contributed by atoms with E-state index in [1.165, 1.54) is 18.2 Å². The molecule has 0 aliphatic carbocycles. The van der Waals surface area contributed by atoms with Crippen molar-refractivity contribution in [3.05, 3.63) is 34.6 Å². The Labute approximate surface area is 107 Å². The molecule has 1 atom stereocenters. The molecule has 0 radical (unpaired) electrons. The average Bonchev–Trinajstić information content (AvgIpc) is 2.30. The first-order valence-corrected chi connectivity index (χ1v) is 5.40. The molecule has 0 aliphatic rings. The van der Waals surface area contributed by atoms with Crippen LogP contribution in [0.25, 0.3) is 0 Å². The summed E-state index contributed by atoms with van der Waals surface area (Å²) in [4.78, 5) is 21.7. The minimum absolute atomic E-state index is 0.0291. The number of benzene rings is 1. The first kappa shape index (κ1) is 14.4. The Morgan fingerprint density at radius 3 is 2.67 bits per heavy atom. The maximum absolute atomic E-state index is 13.3. The quantitative estimate of drug-likeness (QED) is 0.734. The standard InChI is InChI=1S/C11H11ClFNO4/c12-7-2-1-3-8(13)6(7)4-10(16)14-5-9(15)11(17)18/h1-3,9,15H,4-5H2,(H,14,16)(H,17,18). The number of hydrogen-bond acceptors (Lipinski definition) is 3. The smallest absolute Gasteiger partial charge is 0.334 e. The minimum Gasteiger partial charge on any atom is -0.479 e. The summed E-state index contributed by atoms with van der Waals surface area (Å²) in [5, 5.41) is 19.6. The van der Waals surface area contributed by atoms with Gasteiger partial charge in [-0.2, -0.15) is 0 Å². The van der Waals surface area contributed by atoms with Crippen molar-refractivity contribution in [3.63, 3.8) is 0 Å². The van der Waals surface area contributed by atoms with Gasteiger partial charge in [0.15, 0.2) is 6.10 Å². The summed E-state index contributed by atoms with van der Waals surface area (Å²) in [7, 11) is 0. The summed E-state index contributed by atoms with van der Waals surface area (Å²) in [6, 6.07) is 4.02. The Bertz CT molecular complexity index is 446. The number of halogens is 2. The largest absolute Gasteiger partial charge is 0.479 e.